The lowest BCUT2D eigenvalue weighted by molar-refractivity contribution is -0.137. The van der Waals surface area contributed by atoms with Crippen molar-refractivity contribution in [2.45, 2.75) is 13.1 Å². The predicted octanol–water partition coefficient (Wildman–Crippen LogP) is 5.21. The molecule has 0 radical (unpaired) electrons. The Hall–Kier alpha value is -4.41. The number of amides is 1. The molecule has 0 bridgehead atoms. The highest BCUT2D eigenvalue weighted by atomic mass is 19.4. The maximum absolute atomic E-state index is 13.5. The molecule has 0 fully saturated rings. The zero-order valence-electron chi connectivity index (χ0n) is 18.3. The van der Waals surface area contributed by atoms with Gasteiger partial charge in [-0.15, -0.1) is 0 Å². The largest absolute Gasteiger partial charge is 0.497 e. The topological polar surface area (TPSA) is 101 Å². The molecule has 1 aromatic heterocycles. The first-order valence-electron chi connectivity index (χ1n) is 9.89. The standard InChI is InChI=1S/C23H21F3N6O2/c1-4-20(33)28-16-6-5-7-17(12-16)29-21-19(23(24,25)26)13-27-22(30-21)32-31-14(2)15-8-10-18(34-3)11-9-15/h4-13H,1H2,2-3H3,(H,28,33)(H2,27,29,30,32)/b31-14+. The first kappa shape index (κ1) is 24.2. The summed E-state index contributed by atoms with van der Waals surface area (Å²) >= 11 is 0. The number of aromatic nitrogens is 2. The van der Waals surface area contributed by atoms with Crippen molar-refractivity contribution in [2.75, 3.05) is 23.2 Å². The van der Waals surface area contributed by atoms with Gasteiger partial charge in [0.1, 0.15) is 17.1 Å². The van der Waals surface area contributed by atoms with Crippen LogP contribution in [0.4, 0.5) is 36.3 Å². The van der Waals surface area contributed by atoms with E-state index in [9.17, 15) is 18.0 Å². The molecule has 0 spiro atoms. The van der Waals surface area contributed by atoms with Crippen LogP contribution in [0.5, 0.6) is 5.75 Å². The van der Waals surface area contributed by atoms with E-state index in [0.29, 0.717) is 23.3 Å². The second-order valence-electron chi connectivity index (χ2n) is 6.89. The lowest BCUT2D eigenvalue weighted by Crippen LogP contribution is -2.13. The van der Waals surface area contributed by atoms with E-state index in [2.05, 4.69) is 37.7 Å². The normalized spacial score (nSPS) is 11.5. The van der Waals surface area contributed by atoms with Crippen LogP contribution in [0.15, 0.2) is 72.5 Å². The van der Waals surface area contributed by atoms with Gasteiger partial charge in [0.15, 0.2) is 0 Å². The molecule has 176 valence electrons. The zero-order valence-corrected chi connectivity index (χ0v) is 18.3. The summed E-state index contributed by atoms with van der Waals surface area (Å²) < 4.78 is 45.7. The molecule has 3 rings (SSSR count). The van der Waals surface area contributed by atoms with Gasteiger partial charge < -0.3 is 15.4 Å². The van der Waals surface area contributed by atoms with E-state index >= 15 is 0 Å². The van der Waals surface area contributed by atoms with Gasteiger partial charge in [-0.3, -0.25) is 4.79 Å². The summed E-state index contributed by atoms with van der Waals surface area (Å²) in [4.78, 5) is 19.2. The smallest absolute Gasteiger partial charge is 0.421 e. The molecule has 2 aromatic carbocycles. The van der Waals surface area contributed by atoms with Gasteiger partial charge in [0, 0.05) is 17.6 Å². The predicted molar refractivity (Wildman–Crippen MR) is 124 cm³/mol. The Morgan fingerprint density at radius 3 is 2.50 bits per heavy atom. The van der Waals surface area contributed by atoms with Gasteiger partial charge in [-0.25, -0.2) is 10.4 Å². The number of benzene rings is 2. The minimum Gasteiger partial charge on any atom is -0.497 e. The second kappa shape index (κ2) is 10.5. The van der Waals surface area contributed by atoms with Crippen LogP contribution in [0.25, 0.3) is 0 Å². The van der Waals surface area contributed by atoms with E-state index in [0.717, 1.165) is 11.6 Å². The number of nitrogens with one attached hydrogen (secondary N) is 3. The highest BCUT2D eigenvalue weighted by Gasteiger charge is 2.35. The molecule has 0 aliphatic heterocycles. The number of hydrogen-bond acceptors (Lipinski definition) is 7. The van der Waals surface area contributed by atoms with Gasteiger partial charge >= 0.3 is 6.18 Å². The first-order valence-corrected chi connectivity index (χ1v) is 9.89. The first-order chi connectivity index (χ1) is 16.2. The summed E-state index contributed by atoms with van der Waals surface area (Å²) in [6, 6.07) is 13.2. The van der Waals surface area contributed by atoms with Gasteiger partial charge in [0.25, 0.3) is 0 Å². The third-order valence-corrected chi connectivity index (χ3v) is 4.50. The number of anilines is 4. The van der Waals surface area contributed by atoms with Crippen molar-refractivity contribution in [3.8, 4) is 5.75 Å². The van der Waals surface area contributed by atoms with Crippen molar-refractivity contribution in [2.24, 2.45) is 5.10 Å². The van der Waals surface area contributed by atoms with Gasteiger partial charge in [-0.1, -0.05) is 12.6 Å². The molecule has 0 atom stereocenters. The van der Waals surface area contributed by atoms with Crippen LogP contribution in [0.2, 0.25) is 0 Å². The monoisotopic (exact) mass is 470 g/mol. The summed E-state index contributed by atoms with van der Waals surface area (Å²) in [7, 11) is 1.55. The Labute approximate surface area is 193 Å². The van der Waals surface area contributed by atoms with Gasteiger partial charge in [-0.05, 0) is 61.0 Å². The summed E-state index contributed by atoms with van der Waals surface area (Å²) in [6.45, 7) is 5.08. The summed E-state index contributed by atoms with van der Waals surface area (Å²) in [5.41, 5.74) is 3.50. The fraction of sp³-hybridized carbons (Fsp3) is 0.130. The Balaban J connectivity index is 1.86. The molecular formula is C23H21F3N6O2. The number of rotatable bonds is 8. The van der Waals surface area contributed by atoms with E-state index in [4.69, 9.17) is 4.74 Å². The van der Waals surface area contributed by atoms with Crippen molar-refractivity contribution in [3.05, 3.63) is 78.5 Å². The third kappa shape index (κ3) is 6.31. The molecule has 8 nitrogen and oxygen atoms in total. The highest BCUT2D eigenvalue weighted by molar-refractivity contribution is 5.99. The summed E-state index contributed by atoms with van der Waals surface area (Å²) in [5, 5.41) is 9.32. The Morgan fingerprint density at radius 2 is 1.85 bits per heavy atom. The number of carbonyl (C=O) groups excluding carboxylic acids is 1. The van der Waals surface area contributed by atoms with Crippen LogP contribution >= 0.6 is 0 Å². The lowest BCUT2D eigenvalue weighted by atomic mass is 10.1. The maximum atomic E-state index is 13.5. The van der Waals surface area contributed by atoms with E-state index < -0.39 is 23.5 Å². The van der Waals surface area contributed by atoms with Gasteiger partial charge in [0.05, 0.1) is 12.8 Å². The molecule has 1 amide bonds. The van der Waals surface area contributed by atoms with E-state index in [1.807, 2.05) is 0 Å². The van der Waals surface area contributed by atoms with Crippen molar-refractivity contribution in [1.82, 2.24) is 9.97 Å². The number of hydrogen-bond donors (Lipinski definition) is 3. The number of nitrogens with zero attached hydrogens (tertiary/aromatic N) is 3. The fourth-order valence-corrected chi connectivity index (χ4v) is 2.77. The number of alkyl halides is 3. The van der Waals surface area contributed by atoms with Crippen LogP contribution in [0, 0.1) is 0 Å². The molecule has 3 aromatic rings. The Morgan fingerprint density at radius 1 is 1.15 bits per heavy atom. The molecule has 0 unspecified atom stereocenters. The lowest BCUT2D eigenvalue weighted by Gasteiger charge is -2.15. The summed E-state index contributed by atoms with van der Waals surface area (Å²) in [6.07, 6.45) is -2.95. The summed E-state index contributed by atoms with van der Waals surface area (Å²) in [5.74, 6) is -0.389. The van der Waals surface area contributed by atoms with Crippen LogP contribution in [0.1, 0.15) is 18.1 Å². The molecule has 0 aliphatic carbocycles. The van der Waals surface area contributed by atoms with Gasteiger partial charge in [0.2, 0.25) is 11.9 Å². The quantitative estimate of drug-likeness (QED) is 0.237. The van der Waals surface area contributed by atoms with E-state index in [1.165, 1.54) is 12.1 Å². The molecule has 3 N–H and O–H groups in total. The number of methoxy groups -OCH3 is 1. The highest BCUT2D eigenvalue weighted by Crippen LogP contribution is 2.35. The minimum absolute atomic E-state index is 0.139. The van der Waals surface area contributed by atoms with Crippen molar-refractivity contribution in [3.63, 3.8) is 0 Å². The third-order valence-electron chi connectivity index (χ3n) is 4.50. The molecule has 0 saturated carbocycles. The number of halogens is 3. The van der Waals surface area contributed by atoms with Crippen molar-refractivity contribution >= 4 is 34.8 Å². The van der Waals surface area contributed by atoms with Crippen molar-refractivity contribution in [1.29, 1.82) is 0 Å². The zero-order chi connectivity index (χ0) is 24.7. The molecule has 0 aliphatic rings. The number of ether oxygens (including phenoxy) is 1. The fourth-order valence-electron chi connectivity index (χ4n) is 2.77. The second-order valence-corrected chi connectivity index (χ2v) is 6.89. The van der Waals surface area contributed by atoms with Crippen LogP contribution < -0.4 is 20.8 Å². The molecule has 34 heavy (non-hydrogen) atoms. The van der Waals surface area contributed by atoms with Crippen molar-refractivity contribution < 1.29 is 22.7 Å². The SMILES string of the molecule is C=CC(=O)Nc1cccc(Nc2nc(N/N=C(\C)c3ccc(OC)cc3)ncc2C(F)(F)F)c1. The van der Waals surface area contributed by atoms with Crippen LogP contribution in [-0.4, -0.2) is 28.7 Å². The molecule has 1 heterocycles. The molecule has 0 saturated heterocycles. The molecule has 11 heteroatoms. The average Bonchev–Trinajstić information content (AvgIpc) is 2.82. The Bertz CT molecular complexity index is 1210. The van der Waals surface area contributed by atoms with Crippen LogP contribution in [0.3, 0.4) is 0 Å². The Kier molecular flexibility index (Phi) is 7.46. The molecular weight excluding hydrogens is 449 g/mol. The van der Waals surface area contributed by atoms with E-state index in [-0.39, 0.29) is 11.6 Å². The van der Waals surface area contributed by atoms with Crippen LogP contribution in [-0.2, 0) is 11.0 Å². The average molecular weight is 470 g/mol. The van der Waals surface area contributed by atoms with Gasteiger partial charge in [-0.2, -0.15) is 23.3 Å². The number of hydrazone groups is 1. The number of carbonyl (C=O) groups is 1. The van der Waals surface area contributed by atoms with E-state index in [1.54, 1.807) is 50.4 Å². The minimum atomic E-state index is -4.70. The maximum Gasteiger partial charge on any atom is 0.421 e.